The first-order valence-corrected chi connectivity index (χ1v) is 5.52. The molecule has 3 rings (SSSR count). The van der Waals surface area contributed by atoms with E-state index in [-0.39, 0.29) is 5.82 Å². The van der Waals surface area contributed by atoms with Crippen LogP contribution in [0.15, 0.2) is 54.7 Å². The summed E-state index contributed by atoms with van der Waals surface area (Å²) in [6.07, 6.45) is 2.02. The minimum absolute atomic E-state index is 0.188. The number of rotatable bonds is 2. The van der Waals surface area contributed by atoms with Gasteiger partial charge in [0, 0.05) is 23.6 Å². The van der Waals surface area contributed by atoms with Crippen molar-refractivity contribution in [2.75, 3.05) is 0 Å². The van der Waals surface area contributed by atoms with E-state index in [0.717, 1.165) is 16.5 Å². The minimum atomic E-state index is -0.188. The van der Waals surface area contributed by atoms with Crippen LogP contribution in [-0.4, -0.2) is 4.57 Å². The van der Waals surface area contributed by atoms with Crippen LogP contribution in [0, 0.1) is 11.9 Å². The summed E-state index contributed by atoms with van der Waals surface area (Å²) in [7, 11) is 0. The molecule has 1 aromatic heterocycles. The SMILES string of the molecule is Fc1cccc(Cn2ccc3c[c]ccc32)c1. The molecule has 2 heteroatoms. The fraction of sp³-hybridized carbons (Fsp3) is 0.0667. The Labute approximate surface area is 99.1 Å². The number of hydrogen-bond acceptors (Lipinski definition) is 0. The van der Waals surface area contributed by atoms with E-state index in [4.69, 9.17) is 0 Å². The molecule has 0 spiro atoms. The molecule has 0 atom stereocenters. The van der Waals surface area contributed by atoms with Crippen molar-refractivity contribution in [3.05, 3.63) is 72.2 Å². The number of benzene rings is 2. The molecular formula is C15H11FN. The Morgan fingerprint density at radius 2 is 2.12 bits per heavy atom. The normalized spacial score (nSPS) is 10.9. The van der Waals surface area contributed by atoms with Gasteiger partial charge in [0.25, 0.3) is 0 Å². The van der Waals surface area contributed by atoms with Gasteiger partial charge in [-0.2, -0.15) is 0 Å². The Bertz CT molecular complexity index is 655. The van der Waals surface area contributed by atoms with Crippen LogP contribution in [0.25, 0.3) is 10.9 Å². The zero-order valence-corrected chi connectivity index (χ0v) is 9.23. The standard InChI is InChI=1S/C15H11FN/c16-14-6-3-4-12(10-14)11-17-9-8-13-5-1-2-7-15(13)17/h2-10H,11H2. The van der Waals surface area contributed by atoms with E-state index in [2.05, 4.69) is 10.6 Å². The first kappa shape index (κ1) is 10.1. The van der Waals surface area contributed by atoms with Gasteiger partial charge in [-0.3, -0.25) is 0 Å². The summed E-state index contributed by atoms with van der Waals surface area (Å²) in [4.78, 5) is 0. The molecule has 0 unspecified atom stereocenters. The highest BCUT2D eigenvalue weighted by Gasteiger charge is 2.01. The largest absolute Gasteiger partial charge is 0.343 e. The van der Waals surface area contributed by atoms with Gasteiger partial charge < -0.3 is 4.57 Å². The Hall–Kier alpha value is -2.09. The van der Waals surface area contributed by atoms with Gasteiger partial charge in [-0.15, -0.1) is 0 Å². The lowest BCUT2D eigenvalue weighted by molar-refractivity contribution is 0.624. The van der Waals surface area contributed by atoms with Gasteiger partial charge in [0.05, 0.1) is 0 Å². The van der Waals surface area contributed by atoms with Crippen molar-refractivity contribution >= 4 is 10.9 Å². The number of hydrogen-bond donors (Lipinski definition) is 0. The van der Waals surface area contributed by atoms with Crippen molar-refractivity contribution in [2.24, 2.45) is 0 Å². The Kier molecular flexibility index (Phi) is 2.41. The third kappa shape index (κ3) is 1.94. The van der Waals surface area contributed by atoms with Gasteiger partial charge in [-0.25, -0.2) is 4.39 Å². The number of nitrogens with zero attached hydrogens (tertiary/aromatic N) is 1. The van der Waals surface area contributed by atoms with Crippen LogP contribution in [0.1, 0.15) is 5.56 Å². The Morgan fingerprint density at radius 3 is 3.00 bits per heavy atom. The van der Waals surface area contributed by atoms with Gasteiger partial charge in [0.2, 0.25) is 0 Å². The van der Waals surface area contributed by atoms with Gasteiger partial charge in [-0.05, 0) is 42.0 Å². The molecule has 17 heavy (non-hydrogen) atoms. The summed E-state index contributed by atoms with van der Waals surface area (Å²) in [5.74, 6) is -0.188. The minimum Gasteiger partial charge on any atom is -0.343 e. The average molecular weight is 224 g/mol. The summed E-state index contributed by atoms with van der Waals surface area (Å²) in [5.41, 5.74) is 2.11. The fourth-order valence-corrected chi connectivity index (χ4v) is 2.05. The first-order valence-electron chi connectivity index (χ1n) is 5.52. The lowest BCUT2D eigenvalue weighted by Gasteiger charge is -2.05. The molecule has 0 aliphatic carbocycles. The molecule has 83 valence electrons. The third-order valence-corrected chi connectivity index (χ3v) is 2.86. The van der Waals surface area contributed by atoms with Crippen LogP contribution >= 0.6 is 0 Å². The van der Waals surface area contributed by atoms with Crippen LogP contribution in [-0.2, 0) is 6.54 Å². The maximum Gasteiger partial charge on any atom is 0.123 e. The summed E-state index contributed by atoms with van der Waals surface area (Å²) in [6.45, 7) is 0.686. The summed E-state index contributed by atoms with van der Waals surface area (Å²) < 4.78 is 15.2. The highest BCUT2D eigenvalue weighted by molar-refractivity contribution is 5.79. The molecule has 0 aliphatic heterocycles. The molecule has 3 aromatic rings. The van der Waals surface area contributed by atoms with E-state index in [9.17, 15) is 4.39 Å². The zero-order chi connectivity index (χ0) is 11.7. The molecular weight excluding hydrogens is 213 g/mol. The molecule has 0 bridgehead atoms. The van der Waals surface area contributed by atoms with E-state index in [1.807, 2.05) is 36.5 Å². The van der Waals surface area contributed by atoms with Crippen LogP contribution in [0.2, 0.25) is 0 Å². The van der Waals surface area contributed by atoms with Crippen molar-refractivity contribution in [3.63, 3.8) is 0 Å². The van der Waals surface area contributed by atoms with Crippen molar-refractivity contribution in [1.82, 2.24) is 4.57 Å². The van der Waals surface area contributed by atoms with Crippen molar-refractivity contribution in [2.45, 2.75) is 6.54 Å². The molecule has 0 amide bonds. The molecule has 1 nitrogen and oxygen atoms in total. The highest BCUT2D eigenvalue weighted by atomic mass is 19.1. The molecule has 1 heterocycles. The van der Waals surface area contributed by atoms with E-state index < -0.39 is 0 Å². The predicted molar refractivity (Wildman–Crippen MR) is 66.3 cm³/mol. The van der Waals surface area contributed by atoms with Crippen molar-refractivity contribution in [3.8, 4) is 0 Å². The van der Waals surface area contributed by atoms with Crippen LogP contribution in [0.4, 0.5) is 4.39 Å². The number of aromatic nitrogens is 1. The van der Waals surface area contributed by atoms with Gasteiger partial charge in [0.15, 0.2) is 0 Å². The van der Waals surface area contributed by atoms with E-state index >= 15 is 0 Å². The van der Waals surface area contributed by atoms with Gasteiger partial charge in [0.1, 0.15) is 5.82 Å². The van der Waals surface area contributed by atoms with Crippen LogP contribution in [0.5, 0.6) is 0 Å². The number of fused-ring (bicyclic) bond motifs is 1. The van der Waals surface area contributed by atoms with Crippen molar-refractivity contribution < 1.29 is 4.39 Å². The maximum atomic E-state index is 13.1. The van der Waals surface area contributed by atoms with Crippen LogP contribution in [0.3, 0.4) is 0 Å². The fourth-order valence-electron chi connectivity index (χ4n) is 2.05. The summed E-state index contributed by atoms with van der Waals surface area (Å²) in [6, 6.07) is 17.7. The summed E-state index contributed by atoms with van der Waals surface area (Å²) in [5, 5.41) is 1.16. The molecule has 1 radical (unpaired) electrons. The molecule has 0 N–H and O–H groups in total. The molecule has 0 saturated carbocycles. The first-order chi connectivity index (χ1) is 8.33. The quantitative estimate of drug-likeness (QED) is 0.626. The van der Waals surface area contributed by atoms with Crippen molar-refractivity contribution in [1.29, 1.82) is 0 Å². The van der Waals surface area contributed by atoms with E-state index in [0.29, 0.717) is 6.54 Å². The average Bonchev–Trinajstić information content (AvgIpc) is 2.73. The molecule has 0 fully saturated rings. The molecule has 0 aliphatic rings. The maximum absolute atomic E-state index is 13.1. The predicted octanol–water partition coefficient (Wildman–Crippen LogP) is 3.63. The second-order valence-corrected chi connectivity index (χ2v) is 4.06. The second kappa shape index (κ2) is 4.06. The van der Waals surface area contributed by atoms with E-state index in [1.54, 1.807) is 12.1 Å². The van der Waals surface area contributed by atoms with Gasteiger partial charge in [-0.1, -0.05) is 18.2 Å². The van der Waals surface area contributed by atoms with Crippen LogP contribution < -0.4 is 0 Å². The van der Waals surface area contributed by atoms with Gasteiger partial charge >= 0.3 is 0 Å². The monoisotopic (exact) mass is 224 g/mol. The smallest absolute Gasteiger partial charge is 0.123 e. The third-order valence-electron chi connectivity index (χ3n) is 2.86. The molecule has 2 aromatic carbocycles. The number of halogens is 1. The Morgan fingerprint density at radius 1 is 1.18 bits per heavy atom. The zero-order valence-electron chi connectivity index (χ0n) is 9.23. The topological polar surface area (TPSA) is 4.93 Å². The molecule has 0 saturated heterocycles. The second-order valence-electron chi connectivity index (χ2n) is 4.06. The highest BCUT2D eigenvalue weighted by Crippen LogP contribution is 2.16. The Balaban J connectivity index is 2.00. The lowest BCUT2D eigenvalue weighted by atomic mass is 10.2. The van der Waals surface area contributed by atoms with E-state index in [1.165, 1.54) is 6.07 Å². The lowest BCUT2D eigenvalue weighted by Crippen LogP contribution is -1.97. The summed E-state index contributed by atoms with van der Waals surface area (Å²) >= 11 is 0.